The smallest absolute Gasteiger partial charge is 0.284 e. The fourth-order valence-electron chi connectivity index (χ4n) is 3.85. The molecule has 1 aromatic heterocycles. The zero-order valence-corrected chi connectivity index (χ0v) is 17.3. The molecule has 1 aliphatic carbocycles. The van der Waals surface area contributed by atoms with Gasteiger partial charge in [-0.3, -0.25) is 14.8 Å². The summed E-state index contributed by atoms with van der Waals surface area (Å²) in [7, 11) is -3.88. The average Bonchev–Trinajstić information content (AvgIpc) is 3.29. The van der Waals surface area contributed by atoms with Gasteiger partial charge in [0, 0.05) is 5.69 Å². The van der Waals surface area contributed by atoms with Gasteiger partial charge in [-0.2, -0.15) is 0 Å². The number of amides is 1. The second-order valence-corrected chi connectivity index (χ2v) is 9.13. The van der Waals surface area contributed by atoms with E-state index in [2.05, 4.69) is 15.2 Å². The van der Waals surface area contributed by atoms with Gasteiger partial charge in [0.05, 0.1) is 17.4 Å². The van der Waals surface area contributed by atoms with E-state index >= 15 is 0 Å². The van der Waals surface area contributed by atoms with Gasteiger partial charge in [-0.25, -0.2) is 13.4 Å². The summed E-state index contributed by atoms with van der Waals surface area (Å²) in [5.41, 5.74) is 4.42. The number of rotatable bonds is 6. The number of carbonyl (C=O) groups is 1. The normalized spacial score (nSPS) is 15.1. The van der Waals surface area contributed by atoms with E-state index in [1.165, 1.54) is 37.4 Å². The summed E-state index contributed by atoms with van der Waals surface area (Å²) in [6.07, 6.45) is 8.90. The van der Waals surface area contributed by atoms with Crippen LogP contribution in [0.15, 0.2) is 72.0 Å². The topological polar surface area (TPSA) is 93.1 Å². The third-order valence-corrected chi connectivity index (χ3v) is 6.73. The van der Waals surface area contributed by atoms with Crippen molar-refractivity contribution in [1.29, 1.82) is 0 Å². The molecule has 2 aromatic carbocycles. The third kappa shape index (κ3) is 4.44. The number of nitrogens with zero attached hydrogens (tertiary/aromatic N) is 2. The number of hydrogen-bond acceptors (Lipinski definition) is 4. The highest BCUT2D eigenvalue weighted by Gasteiger charge is 2.20. The molecule has 1 heterocycles. The highest BCUT2D eigenvalue weighted by molar-refractivity contribution is 7.89. The quantitative estimate of drug-likeness (QED) is 0.592. The molecule has 1 aliphatic rings. The van der Waals surface area contributed by atoms with Crippen molar-refractivity contribution in [1.82, 2.24) is 19.8 Å². The van der Waals surface area contributed by atoms with Crippen molar-refractivity contribution in [2.75, 3.05) is 0 Å². The Kier molecular flexibility index (Phi) is 5.96. The molecule has 1 fully saturated rings. The molecule has 7 nitrogen and oxygen atoms in total. The molecule has 3 aromatic rings. The Balaban J connectivity index is 1.43. The fraction of sp³-hybridized carbons (Fsp3) is 0.273. The molecule has 0 atom stereocenters. The van der Waals surface area contributed by atoms with Crippen LogP contribution in [-0.4, -0.2) is 23.9 Å². The minimum atomic E-state index is -3.88. The molecule has 0 aliphatic heterocycles. The number of carbonyl (C=O) groups excluding carboxylic acids is 1. The van der Waals surface area contributed by atoms with Crippen LogP contribution in [0, 0.1) is 0 Å². The number of hydrazine groups is 1. The second-order valence-electron chi connectivity index (χ2n) is 7.45. The summed E-state index contributed by atoms with van der Waals surface area (Å²) in [4.78, 5) is 18.8. The molecular weight excluding hydrogens is 400 g/mol. The third-order valence-electron chi connectivity index (χ3n) is 5.47. The van der Waals surface area contributed by atoms with Crippen LogP contribution in [0.2, 0.25) is 0 Å². The molecule has 4 rings (SSSR count). The van der Waals surface area contributed by atoms with E-state index in [0.717, 1.165) is 18.5 Å². The van der Waals surface area contributed by atoms with Gasteiger partial charge in [-0.15, -0.1) is 4.83 Å². The Morgan fingerprint density at radius 3 is 2.37 bits per heavy atom. The first-order valence-corrected chi connectivity index (χ1v) is 11.5. The van der Waals surface area contributed by atoms with Gasteiger partial charge >= 0.3 is 0 Å². The van der Waals surface area contributed by atoms with Crippen molar-refractivity contribution >= 4 is 15.9 Å². The summed E-state index contributed by atoms with van der Waals surface area (Å²) < 4.78 is 26.8. The standard InChI is InChI=1S/C22H24N4O3S/c27-22(21-15-23-16-26(21)19-9-5-2-6-10-19)24-25-30(28,29)20-13-11-18(12-14-20)17-7-3-1-4-8-17/h2,5-6,9-17,25H,1,3-4,7-8H2,(H,24,27). The van der Waals surface area contributed by atoms with Gasteiger partial charge < -0.3 is 0 Å². The van der Waals surface area contributed by atoms with Gasteiger partial charge in [0.2, 0.25) is 0 Å². The number of imidazole rings is 1. The predicted octanol–water partition coefficient (Wildman–Crippen LogP) is 3.54. The van der Waals surface area contributed by atoms with Crippen molar-refractivity contribution in [2.24, 2.45) is 0 Å². The monoisotopic (exact) mass is 424 g/mol. The van der Waals surface area contributed by atoms with Crippen LogP contribution < -0.4 is 10.3 Å². The summed E-state index contributed by atoms with van der Waals surface area (Å²) >= 11 is 0. The van der Waals surface area contributed by atoms with Crippen LogP contribution in [0.5, 0.6) is 0 Å². The lowest BCUT2D eigenvalue weighted by Crippen LogP contribution is -2.42. The van der Waals surface area contributed by atoms with Gasteiger partial charge in [-0.1, -0.05) is 49.6 Å². The second kappa shape index (κ2) is 8.81. The first kappa shape index (κ1) is 20.3. The lowest BCUT2D eigenvalue weighted by molar-refractivity contribution is 0.0938. The molecule has 0 unspecified atom stereocenters. The van der Waals surface area contributed by atoms with E-state index in [1.54, 1.807) is 16.7 Å². The SMILES string of the molecule is O=C(NNS(=O)(=O)c1ccc(C2CCCCC2)cc1)c1cncn1-c1ccccc1. The molecule has 2 N–H and O–H groups in total. The number of sulfonamides is 1. The van der Waals surface area contributed by atoms with E-state index in [9.17, 15) is 13.2 Å². The largest absolute Gasteiger partial charge is 0.295 e. The molecular formula is C22H24N4O3S. The number of nitrogens with one attached hydrogen (secondary N) is 2. The van der Waals surface area contributed by atoms with E-state index in [-0.39, 0.29) is 10.6 Å². The number of para-hydroxylation sites is 1. The molecule has 0 saturated heterocycles. The van der Waals surface area contributed by atoms with Crippen LogP contribution >= 0.6 is 0 Å². The summed E-state index contributed by atoms with van der Waals surface area (Å²) in [5.74, 6) is -0.0970. The lowest BCUT2D eigenvalue weighted by Gasteiger charge is -2.22. The molecule has 156 valence electrons. The Bertz CT molecular complexity index is 1100. The summed E-state index contributed by atoms with van der Waals surface area (Å²) in [5, 5.41) is 0. The zero-order chi connectivity index (χ0) is 21.0. The fourth-order valence-corrected chi connectivity index (χ4v) is 4.69. The molecule has 1 amide bonds. The highest BCUT2D eigenvalue weighted by atomic mass is 32.2. The first-order chi connectivity index (χ1) is 14.5. The van der Waals surface area contributed by atoms with Crippen molar-refractivity contribution in [2.45, 2.75) is 42.9 Å². The number of benzene rings is 2. The Morgan fingerprint density at radius 1 is 0.967 bits per heavy atom. The van der Waals surface area contributed by atoms with Gasteiger partial charge in [-0.05, 0) is 48.6 Å². The summed E-state index contributed by atoms with van der Waals surface area (Å²) in [6.45, 7) is 0. The minimum Gasteiger partial charge on any atom is -0.295 e. The number of aromatic nitrogens is 2. The van der Waals surface area contributed by atoms with Crippen LogP contribution in [0.25, 0.3) is 5.69 Å². The minimum absolute atomic E-state index is 0.110. The van der Waals surface area contributed by atoms with Crippen molar-refractivity contribution < 1.29 is 13.2 Å². The van der Waals surface area contributed by atoms with Crippen molar-refractivity contribution in [3.63, 3.8) is 0 Å². The first-order valence-electron chi connectivity index (χ1n) is 10.0. The molecule has 0 spiro atoms. The van der Waals surface area contributed by atoms with Gasteiger partial charge in [0.25, 0.3) is 15.9 Å². The lowest BCUT2D eigenvalue weighted by atomic mass is 9.84. The maximum atomic E-state index is 12.6. The predicted molar refractivity (Wildman–Crippen MR) is 114 cm³/mol. The number of hydrogen-bond donors (Lipinski definition) is 2. The molecule has 0 radical (unpaired) electrons. The van der Waals surface area contributed by atoms with Crippen LogP contribution in [0.3, 0.4) is 0 Å². The van der Waals surface area contributed by atoms with Crippen LogP contribution in [0.1, 0.15) is 54.1 Å². The van der Waals surface area contributed by atoms with Gasteiger partial charge in [0.1, 0.15) is 5.69 Å². The van der Waals surface area contributed by atoms with Crippen LogP contribution in [0.4, 0.5) is 0 Å². The Labute approximate surface area is 176 Å². The molecule has 1 saturated carbocycles. The van der Waals surface area contributed by atoms with E-state index in [0.29, 0.717) is 5.92 Å². The molecule has 0 bridgehead atoms. The Morgan fingerprint density at radius 2 is 1.67 bits per heavy atom. The molecule has 30 heavy (non-hydrogen) atoms. The Hall–Kier alpha value is -2.97. The van der Waals surface area contributed by atoms with Crippen LogP contribution in [-0.2, 0) is 10.0 Å². The highest BCUT2D eigenvalue weighted by Crippen LogP contribution is 2.32. The van der Waals surface area contributed by atoms with E-state index in [1.807, 2.05) is 42.5 Å². The van der Waals surface area contributed by atoms with E-state index < -0.39 is 15.9 Å². The zero-order valence-electron chi connectivity index (χ0n) is 16.5. The average molecular weight is 425 g/mol. The van der Waals surface area contributed by atoms with Crippen molar-refractivity contribution in [3.8, 4) is 5.69 Å². The van der Waals surface area contributed by atoms with Crippen molar-refractivity contribution in [3.05, 3.63) is 78.4 Å². The summed E-state index contributed by atoms with van der Waals surface area (Å²) in [6, 6.07) is 16.1. The maximum absolute atomic E-state index is 12.6. The molecule has 8 heteroatoms. The maximum Gasteiger partial charge on any atom is 0.284 e. The van der Waals surface area contributed by atoms with Gasteiger partial charge in [0.15, 0.2) is 0 Å². The van der Waals surface area contributed by atoms with E-state index in [4.69, 9.17) is 0 Å².